The third kappa shape index (κ3) is 8.22. The summed E-state index contributed by atoms with van der Waals surface area (Å²) < 4.78 is 0. The standard InChI is InChI=1S/C41H60N6/c1-32-5-8-38(9-6-32)46-21-17-43(18-22-46)15-16-44-19-23-47(24-20-44)39-27-34(3)26-37(30-39)41-29-35(31-45-13-11-42(4)12-14-45)28-36-25-33(2)7-10-40(36)41/h7,10,25-30,32,38H,5-6,8-9,11-24,31H2,1-4H3. The second kappa shape index (κ2) is 15.0. The summed E-state index contributed by atoms with van der Waals surface area (Å²) in [5.74, 6) is 0.944. The summed E-state index contributed by atoms with van der Waals surface area (Å²) in [6.45, 7) is 24.6. The third-order valence-corrected chi connectivity index (χ3v) is 11.9. The van der Waals surface area contributed by atoms with Gasteiger partial charge < -0.3 is 9.80 Å². The smallest absolute Gasteiger partial charge is 0.0375 e. The van der Waals surface area contributed by atoms with E-state index in [4.69, 9.17) is 0 Å². The van der Waals surface area contributed by atoms with Crippen molar-refractivity contribution in [3.8, 4) is 11.1 Å². The molecule has 0 bridgehead atoms. The number of hydrogen-bond acceptors (Lipinski definition) is 6. The molecule has 0 aromatic heterocycles. The van der Waals surface area contributed by atoms with Gasteiger partial charge in [0, 0.05) is 110 Å². The molecule has 0 unspecified atom stereocenters. The van der Waals surface area contributed by atoms with Crippen LogP contribution in [0.1, 0.15) is 49.3 Å². The topological polar surface area (TPSA) is 19.4 Å². The van der Waals surface area contributed by atoms with Crippen LogP contribution < -0.4 is 4.90 Å². The van der Waals surface area contributed by atoms with Gasteiger partial charge in [0.1, 0.15) is 0 Å². The molecule has 3 aromatic rings. The van der Waals surface area contributed by atoms with Crippen LogP contribution in [0.15, 0.2) is 48.5 Å². The van der Waals surface area contributed by atoms with Gasteiger partial charge in [-0.3, -0.25) is 19.6 Å². The lowest BCUT2D eigenvalue weighted by molar-refractivity contribution is 0.0665. The Hall–Kier alpha value is -2.48. The van der Waals surface area contributed by atoms with Crippen molar-refractivity contribution in [1.29, 1.82) is 0 Å². The first kappa shape index (κ1) is 33.0. The molecule has 6 heteroatoms. The molecule has 4 fully saturated rings. The van der Waals surface area contributed by atoms with Crippen LogP contribution in [-0.2, 0) is 6.54 Å². The summed E-state index contributed by atoms with van der Waals surface area (Å²) >= 11 is 0. The molecule has 3 heterocycles. The molecule has 0 amide bonds. The second-order valence-corrected chi connectivity index (χ2v) is 15.6. The normalized spacial score (nSPS) is 24.7. The van der Waals surface area contributed by atoms with Crippen LogP contribution in [0.2, 0.25) is 0 Å². The average molecular weight is 637 g/mol. The molecule has 3 aliphatic heterocycles. The summed E-state index contributed by atoms with van der Waals surface area (Å²) in [6, 6.07) is 20.1. The Kier molecular flexibility index (Phi) is 10.5. The molecule has 0 N–H and O–H groups in total. The second-order valence-electron chi connectivity index (χ2n) is 15.6. The van der Waals surface area contributed by atoms with Crippen molar-refractivity contribution in [3.63, 3.8) is 0 Å². The van der Waals surface area contributed by atoms with Gasteiger partial charge in [-0.1, -0.05) is 36.8 Å². The quantitative estimate of drug-likeness (QED) is 0.292. The lowest BCUT2D eigenvalue weighted by atomic mass is 9.86. The first-order valence-corrected chi connectivity index (χ1v) is 18.9. The highest BCUT2D eigenvalue weighted by molar-refractivity contribution is 5.98. The number of nitrogens with zero attached hydrogens (tertiary/aromatic N) is 6. The maximum Gasteiger partial charge on any atom is 0.0375 e. The number of fused-ring (bicyclic) bond motifs is 1. The number of aryl methyl sites for hydroxylation is 2. The Morgan fingerprint density at radius 3 is 1.98 bits per heavy atom. The van der Waals surface area contributed by atoms with Crippen LogP contribution in [0.3, 0.4) is 0 Å². The molecule has 4 aliphatic rings. The lowest BCUT2D eigenvalue weighted by Gasteiger charge is -2.42. The van der Waals surface area contributed by atoms with Crippen LogP contribution >= 0.6 is 0 Å². The van der Waals surface area contributed by atoms with Crippen LogP contribution in [-0.4, -0.2) is 129 Å². The van der Waals surface area contributed by atoms with Gasteiger partial charge in [0.05, 0.1) is 0 Å². The fourth-order valence-corrected chi connectivity index (χ4v) is 8.72. The molecular formula is C41H60N6. The number of anilines is 1. The van der Waals surface area contributed by atoms with Crippen molar-refractivity contribution in [2.75, 3.05) is 104 Å². The first-order chi connectivity index (χ1) is 22.9. The average Bonchev–Trinajstić information content (AvgIpc) is 3.08. The van der Waals surface area contributed by atoms with E-state index >= 15 is 0 Å². The highest BCUT2D eigenvalue weighted by Crippen LogP contribution is 2.35. The molecule has 0 atom stereocenters. The molecule has 47 heavy (non-hydrogen) atoms. The Bertz CT molecular complexity index is 1470. The predicted octanol–water partition coefficient (Wildman–Crippen LogP) is 6.19. The number of piperazine rings is 3. The summed E-state index contributed by atoms with van der Waals surface area (Å²) in [6.07, 6.45) is 5.71. The minimum atomic E-state index is 0.859. The first-order valence-electron chi connectivity index (χ1n) is 18.9. The van der Waals surface area contributed by atoms with Crippen LogP contribution in [0.25, 0.3) is 21.9 Å². The predicted molar refractivity (Wildman–Crippen MR) is 200 cm³/mol. The highest BCUT2D eigenvalue weighted by Gasteiger charge is 2.27. The fraction of sp³-hybridized carbons (Fsp3) is 0.610. The summed E-state index contributed by atoms with van der Waals surface area (Å²) in [5, 5.41) is 2.74. The SMILES string of the molecule is Cc1cc(-c2cc(CN3CCN(C)CC3)cc3cc(C)ccc23)cc(N2CCN(CCN3CCN(C4CCC(C)CC4)CC3)CC2)c1. The molecule has 6 nitrogen and oxygen atoms in total. The molecular weight excluding hydrogens is 576 g/mol. The van der Waals surface area contributed by atoms with Gasteiger partial charge in [0.15, 0.2) is 0 Å². The van der Waals surface area contributed by atoms with Gasteiger partial charge in [0.25, 0.3) is 0 Å². The van der Waals surface area contributed by atoms with Crippen molar-refractivity contribution < 1.29 is 0 Å². The number of benzene rings is 3. The molecule has 1 aliphatic carbocycles. The van der Waals surface area contributed by atoms with Gasteiger partial charge in [-0.15, -0.1) is 0 Å². The Morgan fingerprint density at radius 1 is 0.617 bits per heavy atom. The van der Waals surface area contributed by atoms with Crippen molar-refractivity contribution in [3.05, 3.63) is 65.2 Å². The van der Waals surface area contributed by atoms with E-state index in [1.54, 1.807) is 0 Å². The van der Waals surface area contributed by atoms with Gasteiger partial charge in [-0.05, 0) is 110 Å². The summed E-state index contributed by atoms with van der Waals surface area (Å²) in [5.41, 5.74) is 8.25. The van der Waals surface area contributed by atoms with Crippen molar-refractivity contribution in [1.82, 2.24) is 24.5 Å². The van der Waals surface area contributed by atoms with Gasteiger partial charge in [-0.25, -0.2) is 0 Å². The Labute approximate surface area is 285 Å². The van der Waals surface area contributed by atoms with Crippen molar-refractivity contribution in [2.24, 2.45) is 5.92 Å². The molecule has 254 valence electrons. The third-order valence-electron chi connectivity index (χ3n) is 11.9. The Balaban J connectivity index is 0.974. The zero-order valence-electron chi connectivity index (χ0n) is 29.9. The van der Waals surface area contributed by atoms with Gasteiger partial charge in [0.2, 0.25) is 0 Å². The van der Waals surface area contributed by atoms with E-state index in [0.29, 0.717) is 0 Å². The number of rotatable bonds is 8. The summed E-state index contributed by atoms with van der Waals surface area (Å²) in [4.78, 5) is 16.0. The minimum absolute atomic E-state index is 0.859. The maximum absolute atomic E-state index is 2.81. The molecule has 3 aromatic carbocycles. The minimum Gasteiger partial charge on any atom is -0.369 e. The van der Waals surface area contributed by atoms with E-state index in [0.717, 1.165) is 70.9 Å². The zero-order valence-corrected chi connectivity index (χ0v) is 29.9. The molecule has 1 saturated carbocycles. The largest absolute Gasteiger partial charge is 0.369 e. The van der Waals surface area contributed by atoms with Crippen LogP contribution in [0.5, 0.6) is 0 Å². The molecule has 7 rings (SSSR count). The molecule has 0 radical (unpaired) electrons. The van der Waals surface area contributed by atoms with Gasteiger partial charge >= 0.3 is 0 Å². The van der Waals surface area contributed by atoms with E-state index in [1.807, 2.05) is 0 Å². The number of likely N-dealkylation sites (N-methyl/N-ethyl adjacent to an activating group) is 1. The van der Waals surface area contributed by atoms with E-state index in [9.17, 15) is 0 Å². The van der Waals surface area contributed by atoms with E-state index in [-0.39, 0.29) is 0 Å². The lowest BCUT2D eigenvalue weighted by Crippen LogP contribution is -2.53. The van der Waals surface area contributed by atoms with E-state index in [1.165, 1.54) is 109 Å². The monoisotopic (exact) mass is 636 g/mol. The van der Waals surface area contributed by atoms with Crippen molar-refractivity contribution in [2.45, 2.75) is 59.0 Å². The molecule has 0 spiro atoms. The maximum atomic E-state index is 2.81. The van der Waals surface area contributed by atoms with Gasteiger partial charge in [-0.2, -0.15) is 0 Å². The zero-order chi connectivity index (χ0) is 32.3. The molecule has 3 saturated heterocycles. The fourth-order valence-electron chi connectivity index (χ4n) is 8.72. The van der Waals surface area contributed by atoms with E-state index < -0.39 is 0 Å². The summed E-state index contributed by atoms with van der Waals surface area (Å²) in [7, 11) is 2.24. The number of hydrogen-bond donors (Lipinski definition) is 0. The Morgan fingerprint density at radius 2 is 1.28 bits per heavy atom. The van der Waals surface area contributed by atoms with Crippen LogP contribution in [0.4, 0.5) is 5.69 Å². The van der Waals surface area contributed by atoms with Crippen molar-refractivity contribution >= 4 is 16.5 Å². The van der Waals surface area contributed by atoms with E-state index in [2.05, 4.69) is 106 Å². The highest BCUT2D eigenvalue weighted by atomic mass is 15.3. The van der Waals surface area contributed by atoms with Crippen LogP contribution in [0, 0.1) is 19.8 Å².